The quantitative estimate of drug-likeness (QED) is 0.724. The summed E-state index contributed by atoms with van der Waals surface area (Å²) >= 11 is 0. The molecule has 130 valence electrons. The number of hydrogen-bond donors (Lipinski definition) is 2. The summed E-state index contributed by atoms with van der Waals surface area (Å²) in [6.07, 6.45) is 0. The number of amides is 1. The second-order valence-corrected chi connectivity index (χ2v) is 7.44. The fraction of sp³-hybridized carbons (Fsp3) is 0.533. The first-order chi connectivity index (χ1) is 10.7. The van der Waals surface area contributed by atoms with Crippen molar-refractivity contribution in [3.63, 3.8) is 0 Å². The highest BCUT2D eigenvalue weighted by molar-refractivity contribution is 7.89. The van der Waals surface area contributed by atoms with Gasteiger partial charge in [0.2, 0.25) is 10.0 Å². The van der Waals surface area contributed by atoms with Crippen LogP contribution in [0.1, 0.15) is 24.2 Å². The fourth-order valence-corrected chi connectivity index (χ4v) is 3.06. The van der Waals surface area contributed by atoms with Gasteiger partial charge in [0.15, 0.2) is 0 Å². The number of ether oxygens (including phenoxy) is 1. The molecule has 0 fully saturated rings. The summed E-state index contributed by atoms with van der Waals surface area (Å²) in [6, 6.07) is 4.49. The van der Waals surface area contributed by atoms with Crippen molar-refractivity contribution in [3.8, 4) is 5.75 Å². The minimum atomic E-state index is -3.70. The van der Waals surface area contributed by atoms with Gasteiger partial charge in [0.05, 0.1) is 7.11 Å². The van der Waals surface area contributed by atoms with Crippen molar-refractivity contribution in [1.82, 2.24) is 14.9 Å². The number of hydrogen-bond acceptors (Lipinski definition) is 5. The largest absolute Gasteiger partial charge is 0.495 e. The summed E-state index contributed by atoms with van der Waals surface area (Å²) in [7, 11) is 0.552. The first-order valence-electron chi connectivity index (χ1n) is 7.36. The van der Waals surface area contributed by atoms with E-state index >= 15 is 0 Å². The maximum absolute atomic E-state index is 12.3. The summed E-state index contributed by atoms with van der Waals surface area (Å²) in [4.78, 5) is 12.2. The molecule has 23 heavy (non-hydrogen) atoms. The third-order valence-electron chi connectivity index (χ3n) is 3.31. The van der Waals surface area contributed by atoms with E-state index in [1.807, 2.05) is 13.8 Å². The van der Waals surface area contributed by atoms with Crippen molar-refractivity contribution in [2.45, 2.75) is 24.8 Å². The Morgan fingerprint density at radius 2 is 2.00 bits per heavy atom. The molecule has 0 heterocycles. The zero-order valence-electron chi connectivity index (χ0n) is 14.2. The second-order valence-electron chi connectivity index (χ2n) is 5.32. The normalized spacial score (nSPS) is 13.0. The molecule has 0 unspecified atom stereocenters. The number of rotatable bonds is 8. The SMILES string of the molecule is CCN[C@H](C)CNC(=O)c1ccc(OC)c(S(=O)(=O)N(C)C)c1. The Labute approximate surface area is 138 Å². The highest BCUT2D eigenvalue weighted by Crippen LogP contribution is 2.26. The molecule has 0 spiro atoms. The van der Waals surface area contributed by atoms with Crippen molar-refractivity contribution in [1.29, 1.82) is 0 Å². The molecule has 0 aliphatic carbocycles. The Balaban J connectivity index is 3.04. The third-order valence-corrected chi connectivity index (χ3v) is 5.14. The summed E-state index contributed by atoms with van der Waals surface area (Å²) in [6.45, 7) is 5.21. The van der Waals surface area contributed by atoms with Gasteiger partial charge in [-0.15, -0.1) is 0 Å². The topological polar surface area (TPSA) is 87.7 Å². The van der Waals surface area contributed by atoms with E-state index in [9.17, 15) is 13.2 Å². The molecule has 8 heteroatoms. The van der Waals surface area contributed by atoms with Crippen molar-refractivity contribution in [2.75, 3.05) is 34.3 Å². The first-order valence-corrected chi connectivity index (χ1v) is 8.80. The number of likely N-dealkylation sites (N-methyl/N-ethyl adjacent to an activating group) is 1. The average Bonchev–Trinajstić information content (AvgIpc) is 2.52. The summed E-state index contributed by atoms with van der Waals surface area (Å²) in [5.41, 5.74) is 0.273. The Bertz CT molecular complexity index is 644. The van der Waals surface area contributed by atoms with Crippen LogP contribution in [-0.4, -0.2) is 59.0 Å². The van der Waals surface area contributed by atoms with Gasteiger partial charge in [-0.2, -0.15) is 0 Å². The predicted molar refractivity (Wildman–Crippen MR) is 89.3 cm³/mol. The molecule has 1 amide bonds. The Morgan fingerprint density at radius 1 is 1.35 bits per heavy atom. The van der Waals surface area contributed by atoms with Gasteiger partial charge in [-0.3, -0.25) is 4.79 Å². The maximum atomic E-state index is 12.3. The van der Waals surface area contributed by atoms with Crippen LogP contribution in [0.3, 0.4) is 0 Å². The van der Waals surface area contributed by atoms with Crippen LogP contribution >= 0.6 is 0 Å². The highest BCUT2D eigenvalue weighted by atomic mass is 32.2. The van der Waals surface area contributed by atoms with Gasteiger partial charge >= 0.3 is 0 Å². The number of nitrogens with one attached hydrogen (secondary N) is 2. The van der Waals surface area contributed by atoms with E-state index in [1.165, 1.54) is 33.3 Å². The van der Waals surface area contributed by atoms with E-state index in [-0.39, 0.29) is 28.2 Å². The van der Waals surface area contributed by atoms with Gasteiger partial charge in [0.1, 0.15) is 10.6 Å². The van der Waals surface area contributed by atoms with Crippen LogP contribution in [0.4, 0.5) is 0 Å². The molecule has 1 atom stereocenters. The molecule has 1 aromatic carbocycles. The minimum absolute atomic E-state index is 0.0302. The van der Waals surface area contributed by atoms with E-state index < -0.39 is 10.0 Å². The van der Waals surface area contributed by atoms with Crippen LogP contribution in [-0.2, 0) is 10.0 Å². The lowest BCUT2D eigenvalue weighted by molar-refractivity contribution is 0.0950. The van der Waals surface area contributed by atoms with Gasteiger partial charge in [-0.05, 0) is 31.7 Å². The van der Waals surface area contributed by atoms with Crippen molar-refractivity contribution >= 4 is 15.9 Å². The first kappa shape index (κ1) is 19.4. The van der Waals surface area contributed by atoms with Crippen molar-refractivity contribution < 1.29 is 17.9 Å². The fourth-order valence-electron chi connectivity index (χ4n) is 1.98. The minimum Gasteiger partial charge on any atom is -0.495 e. The standard InChI is InChI=1S/C15H25N3O4S/c1-6-16-11(2)10-17-15(19)12-7-8-13(22-5)14(9-12)23(20,21)18(3)4/h7-9,11,16H,6,10H2,1-5H3,(H,17,19)/t11-/m1/s1. The van der Waals surface area contributed by atoms with Crippen LogP contribution in [0.2, 0.25) is 0 Å². The van der Waals surface area contributed by atoms with Crippen LogP contribution < -0.4 is 15.4 Å². The smallest absolute Gasteiger partial charge is 0.251 e. The molecule has 0 saturated carbocycles. The maximum Gasteiger partial charge on any atom is 0.251 e. The molecule has 0 radical (unpaired) electrons. The van der Waals surface area contributed by atoms with Crippen LogP contribution in [0, 0.1) is 0 Å². The molecular weight excluding hydrogens is 318 g/mol. The van der Waals surface area contributed by atoms with Crippen LogP contribution in [0.15, 0.2) is 23.1 Å². The lowest BCUT2D eigenvalue weighted by Crippen LogP contribution is -2.38. The molecule has 0 saturated heterocycles. The molecule has 2 N–H and O–H groups in total. The number of nitrogens with zero attached hydrogens (tertiary/aromatic N) is 1. The van der Waals surface area contributed by atoms with E-state index in [1.54, 1.807) is 6.07 Å². The average molecular weight is 343 g/mol. The molecule has 0 aliphatic rings. The van der Waals surface area contributed by atoms with Gasteiger partial charge in [0.25, 0.3) is 5.91 Å². The zero-order valence-corrected chi connectivity index (χ0v) is 15.0. The van der Waals surface area contributed by atoms with E-state index in [2.05, 4.69) is 10.6 Å². The predicted octanol–water partition coefficient (Wildman–Crippen LogP) is 0.673. The number of carbonyl (C=O) groups is 1. The lowest BCUT2D eigenvalue weighted by atomic mass is 10.2. The van der Waals surface area contributed by atoms with E-state index in [0.717, 1.165) is 10.8 Å². The number of sulfonamides is 1. The molecular formula is C15H25N3O4S. The molecule has 0 bridgehead atoms. The lowest BCUT2D eigenvalue weighted by Gasteiger charge is -2.16. The van der Waals surface area contributed by atoms with E-state index in [4.69, 9.17) is 4.74 Å². The summed E-state index contributed by atoms with van der Waals surface area (Å²) in [5, 5.41) is 5.96. The van der Waals surface area contributed by atoms with Gasteiger partial charge in [0, 0.05) is 32.2 Å². The monoisotopic (exact) mass is 343 g/mol. The number of benzene rings is 1. The molecule has 0 aliphatic heterocycles. The van der Waals surface area contributed by atoms with Gasteiger partial charge in [-0.25, -0.2) is 12.7 Å². The molecule has 0 aromatic heterocycles. The van der Waals surface area contributed by atoms with Crippen molar-refractivity contribution in [2.24, 2.45) is 0 Å². The van der Waals surface area contributed by atoms with Crippen molar-refractivity contribution in [3.05, 3.63) is 23.8 Å². The summed E-state index contributed by atoms with van der Waals surface area (Å²) < 4.78 is 30.9. The van der Waals surface area contributed by atoms with Crippen LogP contribution in [0.5, 0.6) is 5.75 Å². The van der Waals surface area contributed by atoms with Crippen LogP contribution in [0.25, 0.3) is 0 Å². The van der Waals surface area contributed by atoms with E-state index in [0.29, 0.717) is 6.54 Å². The molecule has 7 nitrogen and oxygen atoms in total. The molecule has 1 aromatic rings. The Kier molecular flexibility index (Phi) is 6.99. The zero-order chi connectivity index (χ0) is 17.6. The number of methoxy groups -OCH3 is 1. The Morgan fingerprint density at radius 3 is 2.52 bits per heavy atom. The van der Waals surface area contributed by atoms with Gasteiger partial charge in [-0.1, -0.05) is 6.92 Å². The second kappa shape index (κ2) is 8.28. The molecule has 1 rings (SSSR count). The Hall–Kier alpha value is -1.64. The number of carbonyl (C=O) groups excluding carboxylic acids is 1. The summed E-state index contributed by atoms with van der Waals surface area (Å²) in [5.74, 6) is -0.121. The van der Waals surface area contributed by atoms with Gasteiger partial charge < -0.3 is 15.4 Å². The highest BCUT2D eigenvalue weighted by Gasteiger charge is 2.23. The third kappa shape index (κ3) is 4.92.